The predicted octanol–water partition coefficient (Wildman–Crippen LogP) is -2.26. The molecular weight excluding hydrogens is 519 g/mol. The number of carbonyl (C=O) groups is 2. The van der Waals surface area contributed by atoms with Crippen molar-refractivity contribution in [3.05, 3.63) is 0 Å². The zero-order chi connectivity index (χ0) is 17.7. The SMILES string of the molecule is CNC(=[Te])N(C)CCC(=O)O.CNC(=[Te])N(C)CCC(=O)O. The quantitative estimate of drug-likeness (QED) is 0.229. The molecule has 0 aromatic heterocycles. The first-order valence-electron chi connectivity index (χ1n) is 6.44. The third kappa shape index (κ3) is 14.4. The van der Waals surface area contributed by atoms with Gasteiger partial charge in [-0.1, -0.05) is 0 Å². The molecule has 0 radical (unpaired) electrons. The van der Waals surface area contributed by atoms with Gasteiger partial charge in [-0.15, -0.1) is 0 Å². The molecular formula is C12H24N4O4Te2. The van der Waals surface area contributed by atoms with Crippen molar-refractivity contribution < 1.29 is 19.8 Å². The van der Waals surface area contributed by atoms with E-state index < -0.39 is 11.9 Å². The Kier molecular flexibility index (Phi) is 15.2. The Balaban J connectivity index is 0. The first-order chi connectivity index (χ1) is 10.1. The van der Waals surface area contributed by atoms with Crippen LogP contribution in [0.25, 0.3) is 0 Å². The normalized spacial score (nSPS) is 8.91. The van der Waals surface area contributed by atoms with Crippen LogP contribution in [0, 0.1) is 0 Å². The van der Waals surface area contributed by atoms with Crippen LogP contribution in [0.4, 0.5) is 0 Å². The zero-order valence-corrected chi connectivity index (χ0v) is 17.9. The van der Waals surface area contributed by atoms with Gasteiger partial charge in [0, 0.05) is 0 Å². The van der Waals surface area contributed by atoms with E-state index in [0.29, 0.717) is 13.1 Å². The van der Waals surface area contributed by atoms with E-state index in [1.54, 1.807) is 0 Å². The van der Waals surface area contributed by atoms with E-state index in [0.717, 1.165) is 7.60 Å². The summed E-state index contributed by atoms with van der Waals surface area (Å²) in [5.74, 6) is -1.52. The number of rotatable bonds is 10. The van der Waals surface area contributed by atoms with Gasteiger partial charge < -0.3 is 0 Å². The average Bonchev–Trinajstić information content (AvgIpc) is 2.48. The Bertz CT molecular complexity index is 357. The van der Waals surface area contributed by atoms with Crippen molar-refractivity contribution in [3.63, 3.8) is 0 Å². The molecule has 0 saturated carbocycles. The molecule has 0 spiro atoms. The molecule has 0 saturated heterocycles. The Morgan fingerprint density at radius 2 is 1.14 bits per heavy atom. The molecule has 128 valence electrons. The van der Waals surface area contributed by atoms with E-state index in [2.05, 4.69) is 10.6 Å². The average molecular weight is 544 g/mol. The fraction of sp³-hybridized carbons (Fsp3) is 0.667. The molecule has 0 unspecified atom stereocenters. The first kappa shape index (κ1) is 23.7. The summed E-state index contributed by atoms with van der Waals surface area (Å²) in [6, 6.07) is 0. The molecule has 0 atom stereocenters. The number of carboxylic acid groups (broad SMARTS) is 2. The van der Waals surface area contributed by atoms with Crippen molar-refractivity contribution in [2.45, 2.75) is 12.8 Å². The number of carboxylic acids is 2. The Morgan fingerprint density at radius 1 is 0.864 bits per heavy atom. The molecule has 0 rings (SSSR count). The molecule has 0 heterocycles. The predicted molar refractivity (Wildman–Crippen MR) is 89.4 cm³/mol. The summed E-state index contributed by atoms with van der Waals surface area (Å²) in [6.45, 7) is 1.09. The van der Waals surface area contributed by atoms with Crippen LogP contribution in [0.15, 0.2) is 0 Å². The fourth-order valence-electron chi connectivity index (χ4n) is 1.11. The summed E-state index contributed by atoms with van der Waals surface area (Å²) in [5, 5.41) is 22.6. The fourth-order valence-corrected chi connectivity index (χ4v) is 1.63. The van der Waals surface area contributed by atoms with E-state index in [1.165, 1.54) is 0 Å². The van der Waals surface area contributed by atoms with Crippen molar-refractivity contribution in [2.75, 3.05) is 41.3 Å². The second-order valence-electron chi connectivity index (χ2n) is 4.24. The van der Waals surface area contributed by atoms with Gasteiger partial charge in [0.2, 0.25) is 0 Å². The third-order valence-electron chi connectivity index (χ3n) is 2.44. The summed E-state index contributed by atoms with van der Waals surface area (Å²) in [7, 11) is 7.35. The number of hydrogen-bond donors (Lipinski definition) is 4. The third-order valence-corrected chi connectivity index (χ3v) is 5.39. The molecule has 0 aliphatic heterocycles. The molecule has 0 fully saturated rings. The van der Waals surface area contributed by atoms with Crippen molar-refractivity contribution in [2.24, 2.45) is 0 Å². The standard InChI is InChI=1S/2C6H12N2O2Te/c2*1-7-6(11)8(2)4-3-5(9)10/h2*3-4H2,1-2H3,(H,7,11)(H,9,10). The van der Waals surface area contributed by atoms with Gasteiger partial charge >= 0.3 is 158 Å². The van der Waals surface area contributed by atoms with Gasteiger partial charge in [0.15, 0.2) is 0 Å². The second kappa shape index (κ2) is 14.1. The van der Waals surface area contributed by atoms with Gasteiger partial charge in [-0.05, 0) is 0 Å². The summed E-state index contributed by atoms with van der Waals surface area (Å²) in [4.78, 5) is 24.1. The second-order valence-corrected chi connectivity index (χ2v) is 6.45. The summed E-state index contributed by atoms with van der Waals surface area (Å²) in [6.07, 6.45) is 0.355. The Hall–Kier alpha value is -0.541. The van der Waals surface area contributed by atoms with Gasteiger partial charge in [0.05, 0.1) is 0 Å². The molecule has 0 bridgehead atoms. The van der Waals surface area contributed by atoms with Crippen LogP contribution < -0.4 is 10.6 Å². The van der Waals surface area contributed by atoms with E-state index in [1.807, 2.05) is 81.6 Å². The molecule has 0 aromatic carbocycles. The van der Waals surface area contributed by atoms with E-state index in [9.17, 15) is 9.59 Å². The summed E-state index contributed by atoms with van der Waals surface area (Å²) < 4.78 is 1.98. The topological polar surface area (TPSA) is 105 Å². The van der Waals surface area contributed by atoms with Crippen LogP contribution in [0.1, 0.15) is 12.8 Å². The number of nitrogens with one attached hydrogen (secondary N) is 2. The van der Waals surface area contributed by atoms with Gasteiger partial charge in [0.1, 0.15) is 0 Å². The van der Waals surface area contributed by atoms with Crippen molar-refractivity contribution in [3.8, 4) is 0 Å². The maximum atomic E-state index is 10.2. The van der Waals surface area contributed by atoms with E-state index >= 15 is 0 Å². The van der Waals surface area contributed by atoms with Crippen LogP contribution in [-0.2, 0) is 9.59 Å². The van der Waals surface area contributed by atoms with E-state index in [-0.39, 0.29) is 12.8 Å². The molecule has 8 nitrogen and oxygen atoms in total. The van der Waals surface area contributed by atoms with Crippen molar-refractivity contribution in [1.29, 1.82) is 0 Å². The summed E-state index contributed by atoms with van der Waals surface area (Å²) in [5.41, 5.74) is 0. The number of hydrogen-bond acceptors (Lipinski definition) is 6. The first-order valence-corrected chi connectivity index (χ1v) is 8.78. The van der Waals surface area contributed by atoms with E-state index in [4.69, 9.17) is 10.2 Å². The molecule has 0 amide bonds. The minimum atomic E-state index is -0.762. The van der Waals surface area contributed by atoms with Crippen LogP contribution >= 0.6 is 0 Å². The monoisotopic (exact) mass is 548 g/mol. The van der Waals surface area contributed by atoms with Crippen LogP contribution in [0.3, 0.4) is 0 Å². The maximum absolute atomic E-state index is 10.2. The molecule has 4 N–H and O–H groups in total. The van der Waals surface area contributed by atoms with Crippen molar-refractivity contribution >= 4 is 63.2 Å². The van der Waals surface area contributed by atoms with Crippen molar-refractivity contribution in [1.82, 2.24) is 20.4 Å². The summed E-state index contributed by atoms with van der Waals surface area (Å²) >= 11 is 3.67. The Morgan fingerprint density at radius 3 is 1.32 bits per heavy atom. The number of nitrogens with zero attached hydrogens (tertiary/aromatic N) is 2. The van der Waals surface area contributed by atoms with Crippen LogP contribution in [0.5, 0.6) is 0 Å². The zero-order valence-electron chi connectivity index (χ0n) is 13.3. The Labute approximate surface area is 157 Å². The van der Waals surface area contributed by atoms with Gasteiger partial charge in [-0.2, -0.15) is 0 Å². The molecule has 0 aliphatic carbocycles. The van der Waals surface area contributed by atoms with Gasteiger partial charge in [-0.3, -0.25) is 0 Å². The van der Waals surface area contributed by atoms with Crippen LogP contribution in [0.2, 0.25) is 0 Å². The van der Waals surface area contributed by atoms with Gasteiger partial charge in [0.25, 0.3) is 0 Å². The molecule has 22 heavy (non-hydrogen) atoms. The van der Waals surface area contributed by atoms with Gasteiger partial charge in [-0.25, -0.2) is 0 Å². The minimum absolute atomic E-state index is 0.178. The molecule has 10 heteroatoms. The molecule has 0 aliphatic rings. The van der Waals surface area contributed by atoms with Crippen LogP contribution in [-0.4, -0.2) is 124 Å². The molecule has 0 aromatic rings. The number of aliphatic carboxylic acids is 2.